The highest BCUT2D eigenvalue weighted by molar-refractivity contribution is 7.92. The number of rotatable bonds is 4. The minimum Gasteiger partial charge on any atom is -0.497 e. The van der Waals surface area contributed by atoms with E-state index in [-0.39, 0.29) is 16.3 Å². The van der Waals surface area contributed by atoms with Crippen LogP contribution < -0.4 is 9.04 Å². The monoisotopic (exact) mass is 356 g/mol. The zero-order chi connectivity index (χ0) is 17.2. The normalized spacial score (nSPS) is 11.1. The maximum atomic E-state index is 13.1. The largest absolute Gasteiger partial charge is 0.497 e. The van der Waals surface area contributed by atoms with Crippen LogP contribution in [-0.2, 0) is 10.0 Å². The lowest BCUT2D eigenvalue weighted by Crippen LogP contribution is -2.36. The van der Waals surface area contributed by atoms with Crippen LogP contribution in [-0.4, -0.2) is 27.7 Å². The molecule has 2 aromatic rings. The third-order valence-electron chi connectivity index (χ3n) is 2.92. The van der Waals surface area contributed by atoms with E-state index in [1.807, 2.05) is 0 Å². The molecule has 23 heavy (non-hydrogen) atoms. The molecular weight excluding hydrogens is 345 g/mol. The average Bonchev–Trinajstić information content (AvgIpc) is 2.48. The maximum absolute atomic E-state index is 13.1. The van der Waals surface area contributed by atoms with Crippen molar-refractivity contribution >= 4 is 33.2 Å². The third kappa shape index (κ3) is 3.80. The number of hydrogen-bond donors (Lipinski definition) is 0. The number of methoxy groups -OCH3 is 1. The van der Waals surface area contributed by atoms with Crippen LogP contribution in [0.4, 0.5) is 10.1 Å². The van der Waals surface area contributed by atoms with Crippen LogP contribution in [0.2, 0.25) is 5.02 Å². The fourth-order valence-electron chi connectivity index (χ4n) is 1.88. The molecule has 0 N–H and O–H groups in total. The molecule has 0 aromatic heterocycles. The molecule has 0 bridgehead atoms. The summed E-state index contributed by atoms with van der Waals surface area (Å²) in [4.78, 5) is 12.6. The van der Waals surface area contributed by atoms with Gasteiger partial charge in [-0.25, -0.2) is 17.1 Å². The number of hydrogen-bond acceptors (Lipinski definition) is 4. The van der Waals surface area contributed by atoms with Gasteiger partial charge < -0.3 is 4.74 Å². The molecule has 1 amide bonds. The minimum atomic E-state index is -3.99. The van der Waals surface area contributed by atoms with Crippen LogP contribution in [0.5, 0.6) is 5.75 Å². The molecule has 0 aliphatic heterocycles. The Balaban J connectivity index is 2.52. The summed E-state index contributed by atoms with van der Waals surface area (Å²) in [6.07, 6.45) is 0.855. The van der Waals surface area contributed by atoms with Gasteiger partial charge in [-0.15, -0.1) is 0 Å². The molecule has 2 aromatic carbocycles. The van der Waals surface area contributed by atoms with E-state index in [9.17, 15) is 17.6 Å². The van der Waals surface area contributed by atoms with Gasteiger partial charge in [0.05, 0.1) is 24.1 Å². The van der Waals surface area contributed by atoms with Crippen LogP contribution in [0.3, 0.4) is 0 Å². The van der Waals surface area contributed by atoms with Gasteiger partial charge in [-0.2, -0.15) is 0 Å². The van der Waals surface area contributed by atoms with Crippen molar-refractivity contribution in [3.63, 3.8) is 0 Å². The molecule has 0 unspecified atom stereocenters. The molecule has 0 atom stereocenters. The van der Waals surface area contributed by atoms with Gasteiger partial charge in [0.15, 0.2) is 0 Å². The Morgan fingerprint density at radius 2 is 1.91 bits per heavy atom. The highest BCUT2D eigenvalue weighted by Crippen LogP contribution is 2.29. The molecule has 0 saturated heterocycles. The first-order valence-electron chi connectivity index (χ1n) is 6.29. The van der Waals surface area contributed by atoms with Gasteiger partial charge in [-0.05, 0) is 36.4 Å². The summed E-state index contributed by atoms with van der Waals surface area (Å²) >= 11 is 5.87. The van der Waals surface area contributed by atoms with Gasteiger partial charge in [0.2, 0.25) is 10.0 Å². The Kier molecular flexibility index (Phi) is 4.91. The van der Waals surface area contributed by atoms with Crippen molar-refractivity contribution in [1.82, 2.24) is 0 Å². The lowest BCUT2D eigenvalue weighted by Gasteiger charge is -2.21. The Hall–Kier alpha value is -2.12. The first-order chi connectivity index (χ1) is 10.7. The topological polar surface area (TPSA) is 63.7 Å². The molecule has 0 saturated carbocycles. The van der Waals surface area contributed by atoms with E-state index >= 15 is 0 Å². The van der Waals surface area contributed by atoms with Gasteiger partial charge >= 0.3 is 0 Å². The fraction of sp³-hybridized carbons (Fsp3) is 0.133. The second-order valence-electron chi connectivity index (χ2n) is 4.58. The van der Waals surface area contributed by atoms with Crippen molar-refractivity contribution in [3.8, 4) is 5.75 Å². The lowest BCUT2D eigenvalue weighted by atomic mass is 10.2. The number of anilines is 1. The zero-order valence-corrected chi connectivity index (χ0v) is 13.8. The second-order valence-corrected chi connectivity index (χ2v) is 6.81. The minimum absolute atomic E-state index is 0.108. The summed E-state index contributed by atoms with van der Waals surface area (Å²) < 4.78 is 42.6. The number of halogens is 2. The lowest BCUT2D eigenvalue weighted by molar-refractivity contribution is 0.101. The number of carbonyl (C=O) groups is 1. The first kappa shape index (κ1) is 17.2. The molecule has 8 heteroatoms. The summed E-state index contributed by atoms with van der Waals surface area (Å²) in [6, 6.07) is 9.96. The van der Waals surface area contributed by atoms with E-state index in [4.69, 9.17) is 16.3 Å². The Labute approximate surface area is 138 Å². The van der Waals surface area contributed by atoms with E-state index in [1.54, 1.807) is 0 Å². The summed E-state index contributed by atoms with van der Waals surface area (Å²) in [5.74, 6) is -1.07. The van der Waals surface area contributed by atoms with E-state index in [0.29, 0.717) is 10.1 Å². The highest BCUT2D eigenvalue weighted by atomic mass is 35.5. The van der Waals surface area contributed by atoms with Crippen LogP contribution >= 0.6 is 11.6 Å². The van der Waals surface area contributed by atoms with Crippen molar-refractivity contribution in [1.29, 1.82) is 0 Å². The molecule has 0 heterocycles. The Bertz CT molecular complexity index is 837. The molecular formula is C15H12ClFNO4S. The predicted octanol–water partition coefficient (Wildman–Crippen LogP) is 2.89. The first-order valence-corrected chi connectivity index (χ1v) is 8.52. The van der Waals surface area contributed by atoms with Crippen molar-refractivity contribution in [2.75, 3.05) is 17.7 Å². The smallest absolute Gasteiger partial charge is 0.272 e. The molecule has 0 aliphatic rings. The van der Waals surface area contributed by atoms with Gasteiger partial charge in [-0.1, -0.05) is 11.6 Å². The van der Waals surface area contributed by atoms with Crippen LogP contribution in [0.15, 0.2) is 36.4 Å². The Morgan fingerprint density at radius 1 is 1.30 bits per heavy atom. The van der Waals surface area contributed by atoms with Gasteiger partial charge in [0.25, 0.3) is 5.91 Å². The van der Waals surface area contributed by atoms with Crippen LogP contribution in [0.1, 0.15) is 10.4 Å². The summed E-state index contributed by atoms with van der Waals surface area (Å²) in [7, 11) is -2.52. The number of nitrogens with zero attached hydrogens (tertiary/aromatic N) is 1. The highest BCUT2D eigenvalue weighted by Gasteiger charge is 2.28. The van der Waals surface area contributed by atoms with Crippen LogP contribution in [0, 0.1) is 11.9 Å². The maximum Gasteiger partial charge on any atom is 0.272 e. The molecule has 0 fully saturated rings. The molecule has 0 spiro atoms. The Morgan fingerprint density at radius 3 is 2.39 bits per heavy atom. The number of sulfonamides is 1. The summed E-state index contributed by atoms with van der Waals surface area (Å²) in [5, 5.41) is -0.214. The van der Waals surface area contributed by atoms with E-state index < -0.39 is 21.7 Å². The quantitative estimate of drug-likeness (QED) is 0.845. The molecule has 5 nitrogen and oxygen atoms in total. The van der Waals surface area contributed by atoms with E-state index in [1.165, 1.54) is 31.4 Å². The van der Waals surface area contributed by atoms with Crippen molar-refractivity contribution in [2.24, 2.45) is 0 Å². The molecule has 2 rings (SSSR count). The summed E-state index contributed by atoms with van der Waals surface area (Å²) in [6.45, 7) is 0. The van der Waals surface area contributed by atoms with Gasteiger partial charge in [0.1, 0.15) is 11.6 Å². The van der Waals surface area contributed by atoms with E-state index in [2.05, 4.69) is 6.07 Å². The number of benzene rings is 2. The molecule has 1 radical (unpaired) electrons. The third-order valence-corrected chi connectivity index (χ3v) is 4.25. The predicted molar refractivity (Wildman–Crippen MR) is 84.9 cm³/mol. The SMILES string of the molecule is COc1ccc(C(=O)N(c2c[c]c(F)cc2Cl)S(C)(=O)=O)cc1. The van der Waals surface area contributed by atoms with Gasteiger partial charge in [0, 0.05) is 11.6 Å². The molecule has 0 aliphatic carbocycles. The van der Waals surface area contributed by atoms with Crippen LogP contribution in [0.25, 0.3) is 0 Å². The van der Waals surface area contributed by atoms with Crippen molar-refractivity contribution < 1.29 is 22.3 Å². The average molecular weight is 357 g/mol. The number of carbonyl (C=O) groups excluding carboxylic acids is 1. The van der Waals surface area contributed by atoms with E-state index in [0.717, 1.165) is 18.4 Å². The van der Waals surface area contributed by atoms with Crippen molar-refractivity contribution in [2.45, 2.75) is 0 Å². The number of amides is 1. The standard InChI is InChI=1S/C15H12ClFNO4S/c1-22-12-6-3-10(4-7-12)15(19)18(23(2,20)21)14-8-5-11(17)9-13(14)16/h3-4,6-9H,1-2H3. The molecule has 121 valence electrons. The zero-order valence-electron chi connectivity index (χ0n) is 12.2. The summed E-state index contributed by atoms with van der Waals surface area (Å²) in [5.41, 5.74) is -0.0620. The fourth-order valence-corrected chi connectivity index (χ4v) is 3.08. The van der Waals surface area contributed by atoms with Crippen molar-refractivity contribution in [3.05, 3.63) is 58.9 Å². The second kappa shape index (κ2) is 6.55. The van der Waals surface area contributed by atoms with Gasteiger partial charge in [-0.3, -0.25) is 4.79 Å². The number of ether oxygens (including phenoxy) is 1.